The Morgan fingerprint density at radius 3 is 3.26 bits per heavy atom. The topological polar surface area (TPSA) is 53.9 Å². The number of pyridine rings is 1. The van der Waals surface area contributed by atoms with Gasteiger partial charge in [-0.25, -0.2) is 0 Å². The van der Waals surface area contributed by atoms with Gasteiger partial charge in [-0.1, -0.05) is 6.92 Å². The van der Waals surface area contributed by atoms with Gasteiger partial charge in [0.25, 0.3) is 0 Å². The maximum Gasteiger partial charge on any atom is 0.158 e. The zero-order chi connectivity index (χ0) is 13.1. The number of piperidine rings is 1. The standard InChI is InChI=1S/C14H19N5/c1-2-19-7-3-4-12(10-19)17-14-13-9-15-6-5-11(13)8-16-18-14/h5-6,8-9,12H,2-4,7,10H2,1H3,(H,17,18)/t12-/m1/s1. The van der Waals surface area contributed by atoms with E-state index in [1.54, 1.807) is 12.4 Å². The Balaban J connectivity index is 1.81. The second-order valence-electron chi connectivity index (χ2n) is 5.03. The molecule has 3 rings (SSSR count). The summed E-state index contributed by atoms with van der Waals surface area (Å²) in [5, 5.41) is 14.0. The number of rotatable bonds is 3. The highest BCUT2D eigenvalue weighted by Crippen LogP contribution is 2.21. The van der Waals surface area contributed by atoms with Crippen LogP contribution in [0.15, 0.2) is 24.7 Å². The van der Waals surface area contributed by atoms with Crippen LogP contribution in [-0.2, 0) is 0 Å². The van der Waals surface area contributed by atoms with Crippen LogP contribution in [0.2, 0.25) is 0 Å². The minimum atomic E-state index is 0.453. The van der Waals surface area contributed by atoms with Gasteiger partial charge in [-0.2, -0.15) is 5.10 Å². The molecule has 0 spiro atoms. The third-order valence-corrected chi connectivity index (χ3v) is 3.76. The van der Waals surface area contributed by atoms with Gasteiger partial charge in [0, 0.05) is 35.8 Å². The summed E-state index contributed by atoms with van der Waals surface area (Å²) in [5.41, 5.74) is 0. The van der Waals surface area contributed by atoms with E-state index < -0.39 is 0 Å². The first-order chi connectivity index (χ1) is 9.36. The number of anilines is 1. The molecule has 0 saturated carbocycles. The molecule has 1 aliphatic heterocycles. The minimum absolute atomic E-state index is 0.453. The van der Waals surface area contributed by atoms with Crippen LogP contribution in [-0.4, -0.2) is 45.8 Å². The van der Waals surface area contributed by atoms with E-state index >= 15 is 0 Å². The summed E-state index contributed by atoms with van der Waals surface area (Å²) in [6.07, 6.45) is 7.85. The maximum absolute atomic E-state index is 4.23. The van der Waals surface area contributed by atoms with Crippen molar-refractivity contribution < 1.29 is 0 Å². The van der Waals surface area contributed by atoms with Crippen molar-refractivity contribution in [3.63, 3.8) is 0 Å². The van der Waals surface area contributed by atoms with Gasteiger partial charge in [0.2, 0.25) is 0 Å². The second-order valence-corrected chi connectivity index (χ2v) is 5.03. The average Bonchev–Trinajstić information content (AvgIpc) is 2.48. The van der Waals surface area contributed by atoms with E-state index in [2.05, 4.69) is 32.3 Å². The quantitative estimate of drug-likeness (QED) is 0.910. The molecular formula is C14H19N5. The van der Waals surface area contributed by atoms with Crippen molar-refractivity contribution in [2.24, 2.45) is 0 Å². The first-order valence-corrected chi connectivity index (χ1v) is 6.91. The Hall–Kier alpha value is -1.75. The number of fused-ring (bicyclic) bond motifs is 1. The fourth-order valence-electron chi connectivity index (χ4n) is 2.68. The molecular weight excluding hydrogens is 238 g/mol. The predicted molar refractivity (Wildman–Crippen MR) is 76.1 cm³/mol. The third-order valence-electron chi connectivity index (χ3n) is 3.76. The number of likely N-dealkylation sites (N-methyl/N-ethyl adjacent to an activating group) is 1. The van der Waals surface area contributed by atoms with Crippen LogP contribution >= 0.6 is 0 Å². The summed E-state index contributed by atoms with van der Waals surface area (Å²) >= 11 is 0. The van der Waals surface area contributed by atoms with E-state index in [0.717, 1.165) is 29.7 Å². The van der Waals surface area contributed by atoms with Crippen LogP contribution in [0.4, 0.5) is 5.82 Å². The van der Waals surface area contributed by atoms with Gasteiger partial charge in [-0.05, 0) is 32.0 Å². The van der Waals surface area contributed by atoms with Gasteiger partial charge in [0.1, 0.15) is 0 Å². The summed E-state index contributed by atoms with van der Waals surface area (Å²) < 4.78 is 0. The van der Waals surface area contributed by atoms with Crippen molar-refractivity contribution in [2.75, 3.05) is 25.0 Å². The Kier molecular flexibility index (Phi) is 3.55. The fourth-order valence-corrected chi connectivity index (χ4v) is 2.68. The molecule has 1 aliphatic rings. The van der Waals surface area contributed by atoms with Gasteiger partial charge >= 0.3 is 0 Å². The average molecular weight is 257 g/mol. The summed E-state index contributed by atoms with van der Waals surface area (Å²) in [5.74, 6) is 0.855. The van der Waals surface area contributed by atoms with Gasteiger partial charge < -0.3 is 10.2 Å². The lowest BCUT2D eigenvalue weighted by Gasteiger charge is -2.32. The highest BCUT2D eigenvalue weighted by atomic mass is 15.2. The first kappa shape index (κ1) is 12.3. The Morgan fingerprint density at radius 2 is 2.37 bits per heavy atom. The van der Waals surface area contributed by atoms with Gasteiger partial charge in [-0.3, -0.25) is 4.98 Å². The highest BCUT2D eigenvalue weighted by Gasteiger charge is 2.19. The van der Waals surface area contributed by atoms with Crippen LogP contribution in [0.25, 0.3) is 10.8 Å². The maximum atomic E-state index is 4.23. The van der Waals surface area contributed by atoms with Crippen molar-refractivity contribution in [1.29, 1.82) is 0 Å². The molecule has 1 N–H and O–H groups in total. The zero-order valence-electron chi connectivity index (χ0n) is 11.2. The van der Waals surface area contributed by atoms with Crippen LogP contribution in [0.3, 0.4) is 0 Å². The molecule has 0 radical (unpaired) electrons. The summed E-state index contributed by atoms with van der Waals surface area (Å²) in [6, 6.07) is 2.42. The van der Waals surface area contributed by atoms with Crippen molar-refractivity contribution in [1.82, 2.24) is 20.1 Å². The summed E-state index contributed by atoms with van der Waals surface area (Å²) in [7, 11) is 0. The smallest absolute Gasteiger partial charge is 0.158 e. The molecule has 0 aliphatic carbocycles. The zero-order valence-corrected chi connectivity index (χ0v) is 11.2. The predicted octanol–water partition coefficient (Wildman–Crippen LogP) is 1.92. The van der Waals surface area contributed by atoms with E-state index in [9.17, 15) is 0 Å². The monoisotopic (exact) mass is 257 g/mol. The van der Waals surface area contributed by atoms with E-state index in [1.165, 1.54) is 19.4 Å². The normalized spacial score (nSPS) is 20.6. The van der Waals surface area contributed by atoms with E-state index in [1.807, 2.05) is 12.3 Å². The van der Waals surface area contributed by atoms with E-state index in [0.29, 0.717) is 6.04 Å². The van der Waals surface area contributed by atoms with Gasteiger partial charge in [0.15, 0.2) is 5.82 Å². The van der Waals surface area contributed by atoms with Gasteiger partial charge in [0.05, 0.1) is 6.20 Å². The Labute approximate surface area is 113 Å². The minimum Gasteiger partial charge on any atom is -0.364 e. The summed E-state index contributed by atoms with van der Waals surface area (Å²) in [6.45, 7) is 5.61. The molecule has 2 aromatic heterocycles. The molecule has 100 valence electrons. The number of likely N-dealkylation sites (tertiary alicyclic amines) is 1. The number of aromatic nitrogens is 3. The Morgan fingerprint density at radius 1 is 1.42 bits per heavy atom. The third kappa shape index (κ3) is 2.66. The molecule has 5 heteroatoms. The van der Waals surface area contributed by atoms with Crippen molar-refractivity contribution >= 4 is 16.6 Å². The number of nitrogens with zero attached hydrogens (tertiary/aromatic N) is 4. The Bertz CT molecular complexity index is 551. The van der Waals surface area contributed by atoms with Crippen LogP contribution in [0.1, 0.15) is 19.8 Å². The largest absolute Gasteiger partial charge is 0.364 e. The SMILES string of the molecule is CCN1CCC[C@@H](Nc2nncc3ccncc23)C1. The molecule has 0 aromatic carbocycles. The molecule has 1 fully saturated rings. The lowest BCUT2D eigenvalue weighted by Crippen LogP contribution is -2.42. The number of hydrogen-bond acceptors (Lipinski definition) is 5. The molecule has 3 heterocycles. The van der Waals surface area contributed by atoms with Crippen LogP contribution in [0.5, 0.6) is 0 Å². The number of hydrogen-bond donors (Lipinski definition) is 1. The molecule has 1 atom stereocenters. The lowest BCUT2D eigenvalue weighted by molar-refractivity contribution is 0.226. The first-order valence-electron chi connectivity index (χ1n) is 6.91. The molecule has 5 nitrogen and oxygen atoms in total. The fraction of sp³-hybridized carbons (Fsp3) is 0.500. The van der Waals surface area contributed by atoms with Gasteiger partial charge in [-0.15, -0.1) is 5.10 Å². The highest BCUT2D eigenvalue weighted by molar-refractivity contribution is 5.90. The van der Waals surface area contributed by atoms with Crippen LogP contribution in [0, 0.1) is 0 Å². The molecule has 0 bridgehead atoms. The van der Waals surface area contributed by atoms with Crippen LogP contribution < -0.4 is 5.32 Å². The molecule has 1 saturated heterocycles. The van der Waals surface area contributed by atoms with Crippen molar-refractivity contribution in [3.05, 3.63) is 24.7 Å². The van der Waals surface area contributed by atoms with Crippen molar-refractivity contribution in [2.45, 2.75) is 25.8 Å². The van der Waals surface area contributed by atoms with E-state index in [4.69, 9.17) is 0 Å². The molecule has 2 aromatic rings. The lowest BCUT2D eigenvalue weighted by atomic mass is 10.1. The molecule has 0 unspecified atom stereocenters. The van der Waals surface area contributed by atoms with E-state index in [-0.39, 0.29) is 0 Å². The molecule has 0 amide bonds. The van der Waals surface area contributed by atoms with Crippen molar-refractivity contribution in [3.8, 4) is 0 Å². The molecule has 19 heavy (non-hydrogen) atoms. The summed E-state index contributed by atoms with van der Waals surface area (Å²) in [4.78, 5) is 6.65. The second kappa shape index (κ2) is 5.48. The number of nitrogens with one attached hydrogen (secondary N) is 1.